The van der Waals surface area contributed by atoms with Gasteiger partial charge < -0.3 is 9.84 Å². The van der Waals surface area contributed by atoms with E-state index in [9.17, 15) is 0 Å². The van der Waals surface area contributed by atoms with Crippen LogP contribution in [0.15, 0.2) is 18.2 Å². The first-order valence-corrected chi connectivity index (χ1v) is 5.65. The third-order valence-corrected chi connectivity index (χ3v) is 2.68. The topological polar surface area (TPSA) is 29.5 Å². The van der Waals surface area contributed by atoms with Gasteiger partial charge in [0.25, 0.3) is 0 Å². The Labute approximate surface area is 95.8 Å². The van der Waals surface area contributed by atoms with Crippen molar-refractivity contribution in [1.82, 2.24) is 0 Å². The second kappa shape index (κ2) is 5.99. The van der Waals surface area contributed by atoms with Crippen LogP contribution in [-0.2, 0) is 6.61 Å². The minimum atomic E-state index is 0.00494. The zero-order chi connectivity index (χ0) is 11.3. The summed E-state index contributed by atoms with van der Waals surface area (Å²) >= 11 is 6.03. The van der Waals surface area contributed by atoms with Gasteiger partial charge >= 0.3 is 0 Å². The van der Waals surface area contributed by atoms with Gasteiger partial charge in [-0.2, -0.15) is 0 Å². The highest BCUT2D eigenvalue weighted by molar-refractivity contribution is 6.32. The molecule has 15 heavy (non-hydrogen) atoms. The van der Waals surface area contributed by atoms with Crippen molar-refractivity contribution in [2.45, 2.75) is 39.4 Å². The van der Waals surface area contributed by atoms with E-state index in [1.165, 1.54) is 0 Å². The van der Waals surface area contributed by atoms with Crippen LogP contribution < -0.4 is 4.74 Å². The number of halogens is 1. The summed E-state index contributed by atoms with van der Waals surface area (Å²) in [6.45, 7) is 4.18. The van der Waals surface area contributed by atoms with Crippen LogP contribution in [0.25, 0.3) is 0 Å². The van der Waals surface area contributed by atoms with Crippen molar-refractivity contribution in [2.75, 3.05) is 0 Å². The molecule has 0 saturated carbocycles. The number of rotatable bonds is 5. The van der Waals surface area contributed by atoms with E-state index in [1.54, 1.807) is 6.07 Å². The molecule has 0 spiro atoms. The average molecular weight is 229 g/mol. The SMILES string of the molecule is CCC(CC)Oc1ccc(CO)cc1Cl. The number of hydrogen-bond donors (Lipinski definition) is 1. The van der Waals surface area contributed by atoms with Crippen LogP contribution in [-0.4, -0.2) is 11.2 Å². The lowest BCUT2D eigenvalue weighted by molar-refractivity contribution is 0.193. The molecule has 0 bridgehead atoms. The summed E-state index contributed by atoms with van der Waals surface area (Å²) < 4.78 is 5.73. The predicted octanol–water partition coefficient (Wildman–Crippen LogP) is 3.40. The molecule has 0 aliphatic rings. The summed E-state index contributed by atoms with van der Waals surface area (Å²) in [6, 6.07) is 5.37. The standard InChI is InChI=1S/C12H17ClO2/c1-3-10(4-2)15-12-6-5-9(8-14)7-11(12)13/h5-7,10,14H,3-4,8H2,1-2H3. The fraction of sp³-hybridized carbons (Fsp3) is 0.500. The van der Waals surface area contributed by atoms with E-state index in [1.807, 2.05) is 12.1 Å². The Morgan fingerprint density at radius 2 is 2.00 bits per heavy atom. The van der Waals surface area contributed by atoms with E-state index in [-0.39, 0.29) is 12.7 Å². The monoisotopic (exact) mass is 228 g/mol. The van der Waals surface area contributed by atoms with Crippen LogP contribution in [0.3, 0.4) is 0 Å². The van der Waals surface area contributed by atoms with E-state index in [4.69, 9.17) is 21.4 Å². The molecule has 1 rings (SSSR count). The molecule has 84 valence electrons. The Morgan fingerprint density at radius 1 is 1.33 bits per heavy atom. The van der Waals surface area contributed by atoms with Gasteiger partial charge in [-0.05, 0) is 30.5 Å². The third-order valence-electron chi connectivity index (χ3n) is 2.38. The minimum absolute atomic E-state index is 0.00494. The lowest BCUT2D eigenvalue weighted by Crippen LogP contribution is -2.13. The van der Waals surface area contributed by atoms with Crippen LogP contribution in [0.5, 0.6) is 5.75 Å². The smallest absolute Gasteiger partial charge is 0.138 e. The van der Waals surface area contributed by atoms with Crippen molar-refractivity contribution in [3.63, 3.8) is 0 Å². The summed E-state index contributed by atoms with van der Waals surface area (Å²) in [4.78, 5) is 0. The van der Waals surface area contributed by atoms with Crippen LogP contribution >= 0.6 is 11.6 Å². The van der Waals surface area contributed by atoms with Crippen molar-refractivity contribution in [3.8, 4) is 5.75 Å². The van der Waals surface area contributed by atoms with Crippen LogP contribution in [0, 0.1) is 0 Å². The molecule has 1 N–H and O–H groups in total. The number of aliphatic hydroxyl groups is 1. The molecule has 0 atom stereocenters. The minimum Gasteiger partial charge on any atom is -0.489 e. The van der Waals surface area contributed by atoms with E-state index in [0.717, 1.165) is 18.4 Å². The summed E-state index contributed by atoms with van der Waals surface area (Å²) in [5.74, 6) is 0.697. The van der Waals surface area contributed by atoms with Crippen LogP contribution in [0.4, 0.5) is 0 Å². The first-order chi connectivity index (χ1) is 7.21. The van der Waals surface area contributed by atoms with Gasteiger partial charge in [-0.25, -0.2) is 0 Å². The fourth-order valence-electron chi connectivity index (χ4n) is 1.37. The highest BCUT2D eigenvalue weighted by atomic mass is 35.5. The molecular formula is C12H17ClO2. The maximum absolute atomic E-state index is 8.93. The van der Waals surface area contributed by atoms with E-state index >= 15 is 0 Å². The first-order valence-electron chi connectivity index (χ1n) is 5.27. The Bertz CT molecular complexity index is 308. The predicted molar refractivity (Wildman–Crippen MR) is 62.4 cm³/mol. The molecule has 0 fully saturated rings. The Hall–Kier alpha value is -0.730. The normalized spacial score (nSPS) is 10.7. The molecule has 3 heteroatoms. The maximum atomic E-state index is 8.93. The Balaban J connectivity index is 2.77. The van der Waals surface area contributed by atoms with Gasteiger partial charge in [0.05, 0.1) is 17.7 Å². The average Bonchev–Trinajstić information content (AvgIpc) is 2.27. The molecule has 0 radical (unpaired) electrons. The van der Waals surface area contributed by atoms with Gasteiger partial charge in [-0.3, -0.25) is 0 Å². The molecule has 0 amide bonds. The Kier molecular flexibility index (Phi) is 4.92. The van der Waals surface area contributed by atoms with Crippen molar-refractivity contribution in [3.05, 3.63) is 28.8 Å². The van der Waals surface area contributed by atoms with Crippen molar-refractivity contribution >= 4 is 11.6 Å². The lowest BCUT2D eigenvalue weighted by atomic mass is 10.2. The molecule has 0 aromatic heterocycles. The fourth-order valence-corrected chi connectivity index (χ4v) is 1.62. The van der Waals surface area contributed by atoms with Gasteiger partial charge in [0, 0.05) is 0 Å². The molecule has 1 aromatic rings. The van der Waals surface area contributed by atoms with Crippen LogP contribution in [0.2, 0.25) is 5.02 Å². The van der Waals surface area contributed by atoms with Gasteiger partial charge in [0.2, 0.25) is 0 Å². The summed E-state index contributed by atoms with van der Waals surface area (Å²) in [5, 5.41) is 9.49. The van der Waals surface area contributed by atoms with E-state index in [2.05, 4.69) is 13.8 Å². The third kappa shape index (κ3) is 3.40. The second-order valence-electron chi connectivity index (χ2n) is 3.48. The van der Waals surface area contributed by atoms with Crippen molar-refractivity contribution in [1.29, 1.82) is 0 Å². The molecular weight excluding hydrogens is 212 g/mol. The number of ether oxygens (including phenoxy) is 1. The largest absolute Gasteiger partial charge is 0.489 e. The summed E-state index contributed by atoms with van der Waals surface area (Å²) in [5.41, 5.74) is 0.803. The van der Waals surface area contributed by atoms with Gasteiger partial charge in [-0.15, -0.1) is 0 Å². The molecule has 0 saturated heterocycles. The van der Waals surface area contributed by atoms with Crippen LogP contribution in [0.1, 0.15) is 32.3 Å². The van der Waals surface area contributed by atoms with E-state index < -0.39 is 0 Å². The zero-order valence-corrected chi connectivity index (χ0v) is 9.92. The maximum Gasteiger partial charge on any atom is 0.138 e. The first kappa shape index (κ1) is 12.3. The lowest BCUT2D eigenvalue weighted by Gasteiger charge is -2.16. The van der Waals surface area contributed by atoms with Crippen molar-refractivity contribution < 1.29 is 9.84 Å². The second-order valence-corrected chi connectivity index (χ2v) is 3.89. The number of hydrogen-bond acceptors (Lipinski definition) is 2. The van der Waals surface area contributed by atoms with Gasteiger partial charge in [0.15, 0.2) is 0 Å². The Morgan fingerprint density at radius 3 is 2.47 bits per heavy atom. The number of benzene rings is 1. The highest BCUT2D eigenvalue weighted by Gasteiger charge is 2.08. The quantitative estimate of drug-likeness (QED) is 0.837. The summed E-state index contributed by atoms with van der Waals surface area (Å²) in [7, 11) is 0. The molecule has 0 heterocycles. The highest BCUT2D eigenvalue weighted by Crippen LogP contribution is 2.27. The molecule has 2 nitrogen and oxygen atoms in total. The van der Waals surface area contributed by atoms with Gasteiger partial charge in [-0.1, -0.05) is 31.5 Å². The molecule has 0 aliphatic heterocycles. The molecule has 1 aromatic carbocycles. The van der Waals surface area contributed by atoms with Crippen molar-refractivity contribution in [2.24, 2.45) is 0 Å². The number of aliphatic hydroxyl groups excluding tert-OH is 1. The zero-order valence-electron chi connectivity index (χ0n) is 9.16. The summed E-state index contributed by atoms with van der Waals surface area (Å²) in [6.07, 6.45) is 2.14. The molecule has 0 unspecified atom stereocenters. The molecule has 0 aliphatic carbocycles. The van der Waals surface area contributed by atoms with Gasteiger partial charge in [0.1, 0.15) is 5.75 Å². The van der Waals surface area contributed by atoms with E-state index in [0.29, 0.717) is 10.8 Å².